The number of carbonyl (C=O) groups is 2. The van der Waals surface area contributed by atoms with Gasteiger partial charge in [-0.25, -0.2) is 0 Å². The van der Waals surface area contributed by atoms with E-state index in [0.717, 1.165) is 4.90 Å². The van der Waals surface area contributed by atoms with Crippen LogP contribution in [0.2, 0.25) is 0 Å². The lowest BCUT2D eigenvalue weighted by molar-refractivity contribution is -0.143. The van der Waals surface area contributed by atoms with E-state index in [2.05, 4.69) is 10.3 Å². The number of hydrogen-bond acceptors (Lipinski definition) is 5. The van der Waals surface area contributed by atoms with E-state index in [9.17, 15) is 9.59 Å². The monoisotopic (exact) mass is 253 g/mol. The highest BCUT2D eigenvalue weighted by Crippen LogP contribution is 2.03. The fraction of sp³-hybridized carbons (Fsp3) is 0.364. The zero-order chi connectivity index (χ0) is 13.4. The predicted octanol–water partition coefficient (Wildman–Crippen LogP) is -1.17. The molecule has 2 amide bonds. The second kappa shape index (κ2) is 7.36. The van der Waals surface area contributed by atoms with Crippen LogP contribution in [0.5, 0.6) is 0 Å². The van der Waals surface area contributed by atoms with Crippen LogP contribution in [0.4, 0.5) is 5.69 Å². The molecule has 0 atom stereocenters. The minimum atomic E-state index is -0.829. The summed E-state index contributed by atoms with van der Waals surface area (Å²) in [4.78, 5) is 28.2. The molecule has 7 nitrogen and oxygen atoms in total. The summed E-state index contributed by atoms with van der Waals surface area (Å²) in [5.74, 6) is -1.63. The summed E-state index contributed by atoms with van der Waals surface area (Å²) in [5.41, 5.74) is 0.406. The molecule has 0 aliphatic rings. The molecule has 0 fully saturated rings. The predicted molar refractivity (Wildman–Crippen MR) is 63.6 cm³/mol. The third-order valence-corrected chi connectivity index (χ3v) is 2.14. The van der Waals surface area contributed by atoms with Gasteiger partial charge < -0.3 is 20.4 Å². The van der Waals surface area contributed by atoms with Crippen molar-refractivity contribution in [3.05, 3.63) is 24.5 Å². The highest BCUT2D eigenvalue weighted by molar-refractivity contribution is 6.39. The molecule has 0 unspecified atom stereocenters. The third-order valence-electron chi connectivity index (χ3n) is 2.14. The SMILES string of the molecule is O=C(Nc1cccnc1)C(=O)N(CCO)CCO. The molecule has 1 aromatic rings. The first-order chi connectivity index (χ1) is 8.69. The summed E-state index contributed by atoms with van der Waals surface area (Å²) in [6, 6.07) is 3.22. The molecular formula is C11H15N3O4. The van der Waals surface area contributed by atoms with E-state index in [0.29, 0.717) is 5.69 Å². The van der Waals surface area contributed by atoms with Crippen LogP contribution in [0.1, 0.15) is 0 Å². The van der Waals surface area contributed by atoms with Gasteiger partial charge in [-0.05, 0) is 12.1 Å². The van der Waals surface area contributed by atoms with Gasteiger partial charge in [0.05, 0.1) is 25.1 Å². The molecule has 1 rings (SSSR count). The first kappa shape index (κ1) is 14.1. The number of amides is 2. The number of rotatable bonds is 5. The van der Waals surface area contributed by atoms with Crippen molar-refractivity contribution in [2.24, 2.45) is 0 Å². The summed E-state index contributed by atoms with van der Waals surface area (Å²) in [5, 5.41) is 19.9. The molecule has 0 aliphatic heterocycles. The van der Waals surface area contributed by atoms with Crippen LogP contribution in [-0.2, 0) is 9.59 Å². The Hall–Kier alpha value is -1.99. The zero-order valence-corrected chi connectivity index (χ0v) is 9.74. The number of pyridine rings is 1. The lowest BCUT2D eigenvalue weighted by Crippen LogP contribution is -2.42. The molecule has 7 heteroatoms. The number of aliphatic hydroxyl groups excluding tert-OH is 2. The van der Waals surface area contributed by atoms with Crippen molar-refractivity contribution in [3.63, 3.8) is 0 Å². The molecule has 0 saturated carbocycles. The van der Waals surface area contributed by atoms with Crippen molar-refractivity contribution in [1.29, 1.82) is 0 Å². The smallest absolute Gasteiger partial charge is 0.313 e. The van der Waals surface area contributed by atoms with Crippen LogP contribution < -0.4 is 5.32 Å². The number of nitrogens with one attached hydrogen (secondary N) is 1. The van der Waals surface area contributed by atoms with Crippen molar-refractivity contribution < 1.29 is 19.8 Å². The van der Waals surface area contributed by atoms with Gasteiger partial charge in [-0.2, -0.15) is 0 Å². The molecule has 0 bridgehead atoms. The minimum Gasteiger partial charge on any atom is -0.395 e. The van der Waals surface area contributed by atoms with E-state index in [1.807, 2.05) is 0 Å². The Morgan fingerprint density at radius 2 is 1.94 bits per heavy atom. The van der Waals surface area contributed by atoms with E-state index in [4.69, 9.17) is 10.2 Å². The number of aromatic nitrogens is 1. The molecule has 0 aliphatic carbocycles. The van der Waals surface area contributed by atoms with Gasteiger partial charge in [0.15, 0.2) is 0 Å². The van der Waals surface area contributed by atoms with Gasteiger partial charge in [-0.15, -0.1) is 0 Å². The number of nitrogens with zero attached hydrogens (tertiary/aromatic N) is 2. The quantitative estimate of drug-likeness (QED) is 0.574. The van der Waals surface area contributed by atoms with Crippen molar-refractivity contribution in [2.75, 3.05) is 31.6 Å². The highest BCUT2D eigenvalue weighted by Gasteiger charge is 2.20. The van der Waals surface area contributed by atoms with Crippen LogP contribution in [0.25, 0.3) is 0 Å². The summed E-state index contributed by atoms with van der Waals surface area (Å²) < 4.78 is 0. The van der Waals surface area contributed by atoms with E-state index in [-0.39, 0.29) is 26.3 Å². The molecule has 18 heavy (non-hydrogen) atoms. The van der Waals surface area contributed by atoms with Gasteiger partial charge in [-0.3, -0.25) is 14.6 Å². The maximum absolute atomic E-state index is 11.7. The van der Waals surface area contributed by atoms with Crippen molar-refractivity contribution in [2.45, 2.75) is 0 Å². The van der Waals surface area contributed by atoms with Gasteiger partial charge in [0.25, 0.3) is 0 Å². The molecule has 1 heterocycles. The third kappa shape index (κ3) is 4.11. The summed E-state index contributed by atoms with van der Waals surface area (Å²) in [6.45, 7) is -0.544. The average molecular weight is 253 g/mol. The maximum atomic E-state index is 11.7. The Bertz CT molecular complexity index is 391. The Labute approximate surface area is 104 Å². The minimum absolute atomic E-state index is 0.000146. The number of hydrogen-bond donors (Lipinski definition) is 3. The lowest BCUT2D eigenvalue weighted by Gasteiger charge is -2.19. The van der Waals surface area contributed by atoms with Gasteiger partial charge >= 0.3 is 11.8 Å². The second-order valence-corrected chi connectivity index (χ2v) is 3.44. The van der Waals surface area contributed by atoms with E-state index >= 15 is 0 Å². The van der Waals surface area contributed by atoms with E-state index in [1.54, 1.807) is 18.3 Å². The van der Waals surface area contributed by atoms with Gasteiger partial charge in [-0.1, -0.05) is 0 Å². The largest absolute Gasteiger partial charge is 0.395 e. The highest BCUT2D eigenvalue weighted by atomic mass is 16.3. The molecular weight excluding hydrogens is 238 g/mol. The number of carbonyl (C=O) groups excluding carboxylic acids is 2. The first-order valence-electron chi connectivity index (χ1n) is 5.41. The second-order valence-electron chi connectivity index (χ2n) is 3.44. The first-order valence-corrected chi connectivity index (χ1v) is 5.41. The zero-order valence-electron chi connectivity index (χ0n) is 9.74. The summed E-state index contributed by atoms with van der Waals surface area (Å²) in [6.07, 6.45) is 2.95. The topological polar surface area (TPSA) is 103 Å². The Balaban J connectivity index is 2.62. The standard InChI is InChI=1S/C11H15N3O4/c15-6-4-14(5-7-16)11(18)10(17)13-9-2-1-3-12-8-9/h1-3,8,15-16H,4-7H2,(H,13,17). The van der Waals surface area contributed by atoms with Crippen LogP contribution >= 0.6 is 0 Å². The fourth-order valence-corrected chi connectivity index (χ4v) is 1.32. The Morgan fingerprint density at radius 1 is 1.28 bits per heavy atom. The van der Waals surface area contributed by atoms with Crippen molar-refractivity contribution in [1.82, 2.24) is 9.88 Å². The molecule has 0 saturated heterocycles. The molecule has 3 N–H and O–H groups in total. The van der Waals surface area contributed by atoms with Crippen LogP contribution in [0.3, 0.4) is 0 Å². The fourth-order valence-electron chi connectivity index (χ4n) is 1.32. The lowest BCUT2D eigenvalue weighted by atomic mass is 10.3. The summed E-state index contributed by atoms with van der Waals surface area (Å²) >= 11 is 0. The summed E-state index contributed by atoms with van der Waals surface area (Å²) in [7, 11) is 0. The molecule has 0 aromatic carbocycles. The van der Waals surface area contributed by atoms with Crippen LogP contribution in [0, 0.1) is 0 Å². The average Bonchev–Trinajstić information content (AvgIpc) is 2.39. The van der Waals surface area contributed by atoms with E-state index < -0.39 is 11.8 Å². The molecule has 0 radical (unpaired) electrons. The van der Waals surface area contributed by atoms with E-state index in [1.165, 1.54) is 6.20 Å². The van der Waals surface area contributed by atoms with Crippen LogP contribution in [-0.4, -0.2) is 58.2 Å². The van der Waals surface area contributed by atoms with Gasteiger partial charge in [0, 0.05) is 19.3 Å². The number of anilines is 1. The van der Waals surface area contributed by atoms with Crippen molar-refractivity contribution >= 4 is 17.5 Å². The number of aliphatic hydroxyl groups is 2. The van der Waals surface area contributed by atoms with Crippen LogP contribution in [0.15, 0.2) is 24.5 Å². The molecule has 1 aromatic heterocycles. The molecule has 98 valence electrons. The Kier molecular flexibility index (Phi) is 5.75. The van der Waals surface area contributed by atoms with Crippen molar-refractivity contribution in [3.8, 4) is 0 Å². The molecule has 0 spiro atoms. The Morgan fingerprint density at radius 3 is 2.44 bits per heavy atom. The van der Waals surface area contributed by atoms with Gasteiger partial charge in [0.2, 0.25) is 0 Å². The van der Waals surface area contributed by atoms with Gasteiger partial charge in [0.1, 0.15) is 0 Å². The normalized spacial score (nSPS) is 9.89. The maximum Gasteiger partial charge on any atom is 0.313 e.